The van der Waals surface area contributed by atoms with Gasteiger partial charge in [-0.1, -0.05) is 11.8 Å². The van der Waals surface area contributed by atoms with E-state index in [0.29, 0.717) is 17.5 Å². The standard InChI is InChI=1S/C9H12N2O3S/c1-3-13-8(12)6-14-7-4-10-9(15-2)11-5-7/h4-5H,3,6H2,1-2H3. The second kappa shape index (κ2) is 6.23. The average Bonchev–Trinajstić information content (AvgIpc) is 2.27. The molecule has 0 amide bonds. The molecule has 0 saturated carbocycles. The van der Waals surface area contributed by atoms with Gasteiger partial charge in [0, 0.05) is 0 Å². The molecule has 15 heavy (non-hydrogen) atoms. The highest BCUT2D eigenvalue weighted by molar-refractivity contribution is 7.98. The van der Waals surface area contributed by atoms with Crippen LogP contribution in [-0.2, 0) is 9.53 Å². The fourth-order valence-corrected chi connectivity index (χ4v) is 1.15. The molecule has 0 atom stereocenters. The van der Waals surface area contributed by atoms with Crippen LogP contribution in [0.4, 0.5) is 0 Å². The minimum Gasteiger partial charge on any atom is -0.479 e. The van der Waals surface area contributed by atoms with Crippen molar-refractivity contribution in [1.82, 2.24) is 9.97 Å². The summed E-state index contributed by atoms with van der Waals surface area (Å²) in [5.41, 5.74) is 0. The topological polar surface area (TPSA) is 61.3 Å². The quantitative estimate of drug-likeness (QED) is 0.428. The van der Waals surface area contributed by atoms with Gasteiger partial charge < -0.3 is 9.47 Å². The van der Waals surface area contributed by atoms with Crippen molar-refractivity contribution in [1.29, 1.82) is 0 Å². The van der Waals surface area contributed by atoms with Crippen molar-refractivity contribution < 1.29 is 14.3 Å². The molecule has 0 aliphatic heterocycles. The van der Waals surface area contributed by atoms with Gasteiger partial charge in [-0.2, -0.15) is 0 Å². The molecule has 1 heterocycles. The Morgan fingerprint density at radius 1 is 1.47 bits per heavy atom. The summed E-state index contributed by atoms with van der Waals surface area (Å²) < 4.78 is 9.81. The minimum absolute atomic E-state index is 0.115. The Morgan fingerprint density at radius 2 is 2.13 bits per heavy atom. The van der Waals surface area contributed by atoms with E-state index >= 15 is 0 Å². The molecule has 0 aromatic carbocycles. The number of rotatable bonds is 5. The van der Waals surface area contributed by atoms with Gasteiger partial charge in [-0.05, 0) is 13.2 Å². The lowest BCUT2D eigenvalue weighted by Crippen LogP contribution is -2.14. The van der Waals surface area contributed by atoms with Crippen LogP contribution in [0.3, 0.4) is 0 Å². The van der Waals surface area contributed by atoms with E-state index in [4.69, 9.17) is 9.47 Å². The molecule has 6 heteroatoms. The van der Waals surface area contributed by atoms with Crippen LogP contribution in [0.2, 0.25) is 0 Å². The highest BCUT2D eigenvalue weighted by Gasteiger charge is 2.03. The van der Waals surface area contributed by atoms with Crippen molar-refractivity contribution in [3.63, 3.8) is 0 Å². The number of carbonyl (C=O) groups is 1. The first kappa shape index (κ1) is 11.8. The van der Waals surface area contributed by atoms with Gasteiger partial charge in [-0.15, -0.1) is 0 Å². The van der Waals surface area contributed by atoms with Gasteiger partial charge in [0.15, 0.2) is 17.5 Å². The second-order valence-corrected chi connectivity index (χ2v) is 3.27. The Bertz CT molecular complexity index is 316. The fraction of sp³-hybridized carbons (Fsp3) is 0.444. The van der Waals surface area contributed by atoms with Gasteiger partial charge in [0.1, 0.15) is 0 Å². The molecule has 82 valence electrons. The van der Waals surface area contributed by atoms with Crippen LogP contribution in [-0.4, -0.2) is 35.4 Å². The van der Waals surface area contributed by atoms with Crippen LogP contribution in [0.25, 0.3) is 0 Å². The third-order valence-electron chi connectivity index (χ3n) is 1.45. The molecule has 0 radical (unpaired) electrons. The molecule has 1 aromatic heterocycles. The van der Waals surface area contributed by atoms with E-state index < -0.39 is 5.97 Å². The summed E-state index contributed by atoms with van der Waals surface area (Å²) in [6.45, 7) is 1.98. The van der Waals surface area contributed by atoms with E-state index in [2.05, 4.69) is 9.97 Å². The molecule has 5 nitrogen and oxygen atoms in total. The summed E-state index contributed by atoms with van der Waals surface area (Å²) >= 11 is 1.44. The van der Waals surface area contributed by atoms with Crippen molar-refractivity contribution in [3.05, 3.63) is 12.4 Å². The Hall–Kier alpha value is -1.30. The smallest absolute Gasteiger partial charge is 0.344 e. The first-order chi connectivity index (χ1) is 7.26. The Kier molecular flexibility index (Phi) is 4.89. The first-order valence-electron chi connectivity index (χ1n) is 4.40. The van der Waals surface area contributed by atoms with Crippen LogP contribution in [0.1, 0.15) is 6.92 Å². The van der Waals surface area contributed by atoms with E-state index in [1.807, 2.05) is 6.26 Å². The van der Waals surface area contributed by atoms with Crippen LogP contribution < -0.4 is 4.74 Å². The van der Waals surface area contributed by atoms with Gasteiger partial charge in [0.05, 0.1) is 19.0 Å². The van der Waals surface area contributed by atoms with Crippen LogP contribution in [0, 0.1) is 0 Å². The molecule has 0 aliphatic rings. The molecule has 0 fully saturated rings. The predicted octanol–water partition coefficient (Wildman–Crippen LogP) is 1.14. The summed E-state index contributed by atoms with van der Waals surface area (Å²) in [7, 11) is 0. The Morgan fingerprint density at radius 3 is 2.67 bits per heavy atom. The Balaban J connectivity index is 2.40. The molecule has 0 unspecified atom stereocenters. The third-order valence-corrected chi connectivity index (χ3v) is 2.03. The third kappa shape index (κ3) is 4.16. The highest BCUT2D eigenvalue weighted by Crippen LogP contribution is 2.11. The largest absolute Gasteiger partial charge is 0.479 e. The summed E-state index contributed by atoms with van der Waals surface area (Å²) in [6.07, 6.45) is 4.94. The average molecular weight is 228 g/mol. The number of esters is 1. The van der Waals surface area contributed by atoms with E-state index in [-0.39, 0.29) is 6.61 Å². The fourth-order valence-electron chi connectivity index (χ4n) is 0.829. The SMILES string of the molecule is CCOC(=O)COc1cnc(SC)nc1. The molecule has 0 saturated heterocycles. The van der Waals surface area contributed by atoms with Crippen LogP contribution in [0.15, 0.2) is 17.6 Å². The zero-order chi connectivity index (χ0) is 11.1. The van der Waals surface area contributed by atoms with E-state index in [1.165, 1.54) is 24.2 Å². The first-order valence-corrected chi connectivity index (χ1v) is 5.63. The number of hydrogen-bond acceptors (Lipinski definition) is 6. The molecule has 0 N–H and O–H groups in total. The summed E-state index contributed by atoms with van der Waals surface area (Å²) in [5.74, 6) is 0.0623. The number of nitrogens with zero attached hydrogens (tertiary/aromatic N) is 2. The monoisotopic (exact) mass is 228 g/mol. The number of aromatic nitrogens is 2. The maximum atomic E-state index is 10.9. The molecule has 0 spiro atoms. The molecule has 0 bridgehead atoms. The minimum atomic E-state index is -0.397. The number of ether oxygens (including phenoxy) is 2. The lowest BCUT2D eigenvalue weighted by atomic mass is 10.6. The van der Waals surface area contributed by atoms with Crippen molar-refractivity contribution in [3.8, 4) is 5.75 Å². The van der Waals surface area contributed by atoms with Crippen LogP contribution in [0.5, 0.6) is 5.75 Å². The number of carbonyl (C=O) groups excluding carboxylic acids is 1. The van der Waals surface area contributed by atoms with Gasteiger partial charge in [-0.3, -0.25) is 0 Å². The van der Waals surface area contributed by atoms with Crippen molar-refractivity contribution >= 4 is 17.7 Å². The second-order valence-electron chi connectivity index (χ2n) is 2.50. The molecular formula is C9H12N2O3S. The normalized spacial score (nSPS) is 9.73. The van der Waals surface area contributed by atoms with Gasteiger partial charge in [0.25, 0.3) is 0 Å². The Labute approximate surface area is 92.2 Å². The lowest BCUT2D eigenvalue weighted by molar-refractivity contribution is -0.145. The predicted molar refractivity (Wildman–Crippen MR) is 55.9 cm³/mol. The van der Waals surface area contributed by atoms with Gasteiger partial charge in [-0.25, -0.2) is 14.8 Å². The number of thioether (sulfide) groups is 1. The van der Waals surface area contributed by atoms with Gasteiger partial charge >= 0.3 is 5.97 Å². The molecule has 1 rings (SSSR count). The summed E-state index contributed by atoms with van der Waals surface area (Å²) in [6, 6.07) is 0. The lowest BCUT2D eigenvalue weighted by Gasteiger charge is -2.04. The number of hydrogen-bond donors (Lipinski definition) is 0. The molecule has 1 aromatic rings. The highest BCUT2D eigenvalue weighted by atomic mass is 32.2. The zero-order valence-electron chi connectivity index (χ0n) is 8.60. The van der Waals surface area contributed by atoms with Crippen molar-refractivity contribution in [2.45, 2.75) is 12.1 Å². The van der Waals surface area contributed by atoms with E-state index in [9.17, 15) is 4.79 Å². The summed E-state index contributed by atoms with van der Waals surface area (Å²) in [4.78, 5) is 18.9. The maximum absolute atomic E-state index is 10.9. The van der Waals surface area contributed by atoms with Gasteiger partial charge in [0.2, 0.25) is 0 Å². The molecule has 0 aliphatic carbocycles. The zero-order valence-corrected chi connectivity index (χ0v) is 9.41. The summed E-state index contributed by atoms with van der Waals surface area (Å²) in [5, 5.41) is 0.665. The molecular weight excluding hydrogens is 216 g/mol. The van der Waals surface area contributed by atoms with Crippen LogP contribution >= 0.6 is 11.8 Å². The van der Waals surface area contributed by atoms with E-state index in [1.54, 1.807) is 6.92 Å². The maximum Gasteiger partial charge on any atom is 0.344 e. The van der Waals surface area contributed by atoms with Crippen molar-refractivity contribution in [2.24, 2.45) is 0 Å². The van der Waals surface area contributed by atoms with E-state index in [0.717, 1.165) is 0 Å². The van der Waals surface area contributed by atoms with Crippen molar-refractivity contribution in [2.75, 3.05) is 19.5 Å².